The zero-order valence-electron chi connectivity index (χ0n) is 20.7. The van der Waals surface area contributed by atoms with Gasteiger partial charge in [0.05, 0.1) is 6.54 Å². The van der Waals surface area contributed by atoms with Crippen LogP contribution in [0.4, 0.5) is 0 Å². The number of carbonyl (C=O) groups is 1. The molecule has 1 N–H and O–H groups in total. The second kappa shape index (κ2) is 12.1. The lowest BCUT2D eigenvalue weighted by atomic mass is 9.96. The number of halogens is 1. The lowest BCUT2D eigenvalue weighted by Gasteiger charge is -2.30. The van der Waals surface area contributed by atoms with Crippen LogP contribution in [0.2, 0.25) is 0 Å². The molecule has 0 spiro atoms. The standard InChI is InChI=1S/C28H34BrN5O2/c29-25-6-4-5-24(17-25)27-31-26(36-32-27)20-34-15-11-23(12-16-34)28(35)30-18-21-7-9-22(10-8-21)19-33-13-2-1-3-14-33/h4-10,17,23H,1-3,11-16,18-20H2,(H,30,35). The molecule has 5 rings (SSSR count). The number of amides is 1. The van der Waals surface area contributed by atoms with Crippen LogP contribution in [0.15, 0.2) is 57.5 Å². The second-order valence-corrected chi connectivity index (χ2v) is 10.9. The molecule has 0 bridgehead atoms. The summed E-state index contributed by atoms with van der Waals surface area (Å²) in [6.45, 7) is 6.33. The third-order valence-electron chi connectivity index (χ3n) is 7.21. The second-order valence-electron chi connectivity index (χ2n) is 9.94. The molecule has 2 fully saturated rings. The molecule has 2 saturated heterocycles. The Morgan fingerprint density at radius 2 is 1.67 bits per heavy atom. The molecule has 0 unspecified atom stereocenters. The van der Waals surface area contributed by atoms with Gasteiger partial charge in [0.15, 0.2) is 0 Å². The van der Waals surface area contributed by atoms with Crippen molar-refractivity contribution < 1.29 is 9.32 Å². The molecule has 0 atom stereocenters. The first-order chi connectivity index (χ1) is 17.6. The van der Waals surface area contributed by atoms with Crippen molar-refractivity contribution in [2.75, 3.05) is 26.2 Å². The van der Waals surface area contributed by atoms with Gasteiger partial charge < -0.3 is 9.84 Å². The van der Waals surface area contributed by atoms with Gasteiger partial charge >= 0.3 is 0 Å². The van der Waals surface area contributed by atoms with E-state index in [1.54, 1.807) is 0 Å². The summed E-state index contributed by atoms with van der Waals surface area (Å²) in [7, 11) is 0. The molecule has 36 heavy (non-hydrogen) atoms. The van der Waals surface area contributed by atoms with Crippen LogP contribution in [0.1, 0.15) is 49.1 Å². The highest BCUT2D eigenvalue weighted by Gasteiger charge is 2.26. The fourth-order valence-electron chi connectivity index (χ4n) is 5.08. The predicted octanol–water partition coefficient (Wildman–Crippen LogP) is 5.01. The van der Waals surface area contributed by atoms with E-state index in [2.05, 4.69) is 65.5 Å². The van der Waals surface area contributed by atoms with E-state index in [9.17, 15) is 4.79 Å². The molecule has 3 heterocycles. The highest BCUT2D eigenvalue weighted by atomic mass is 79.9. The van der Waals surface area contributed by atoms with E-state index in [4.69, 9.17) is 4.52 Å². The van der Waals surface area contributed by atoms with Crippen molar-refractivity contribution in [3.05, 3.63) is 70.0 Å². The minimum absolute atomic E-state index is 0.0551. The number of benzene rings is 2. The number of hydrogen-bond acceptors (Lipinski definition) is 6. The van der Waals surface area contributed by atoms with Crippen LogP contribution in [0.3, 0.4) is 0 Å². The van der Waals surface area contributed by atoms with Crippen molar-refractivity contribution in [3.8, 4) is 11.4 Å². The number of rotatable bonds is 8. The molecular weight excluding hydrogens is 518 g/mol. The van der Waals surface area contributed by atoms with Gasteiger partial charge in [0.25, 0.3) is 0 Å². The maximum atomic E-state index is 12.8. The van der Waals surface area contributed by atoms with Crippen LogP contribution in [-0.4, -0.2) is 52.0 Å². The lowest BCUT2D eigenvalue weighted by Crippen LogP contribution is -2.40. The average Bonchev–Trinajstić information content (AvgIpc) is 3.38. The van der Waals surface area contributed by atoms with Crippen LogP contribution in [0.25, 0.3) is 11.4 Å². The van der Waals surface area contributed by atoms with Gasteiger partial charge in [0.1, 0.15) is 0 Å². The summed E-state index contributed by atoms with van der Waals surface area (Å²) in [5.41, 5.74) is 3.43. The number of aromatic nitrogens is 2. The fraction of sp³-hybridized carbons (Fsp3) is 0.464. The Labute approximate surface area is 221 Å². The predicted molar refractivity (Wildman–Crippen MR) is 143 cm³/mol. The van der Waals surface area contributed by atoms with Crippen molar-refractivity contribution in [2.24, 2.45) is 5.92 Å². The summed E-state index contributed by atoms with van der Waals surface area (Å²) in [4.78, 5) is 22.1. The van der Waals surface area contributed by atoms with Gasteiger partial charge in [-0.25, -0.2) is 0 Å². The van der Waals surface area contributed by atoms with E-state index >= 15 is 0 Å². The Hall–Kier alpha value is -2.55. The van der Waals surface area contributed by atoms with Crippen LogP contribution in [0.5, 0.6) is 0 Å². The number of piperidine rings is 2. The Bertz CT molecular complexity index is 1130. The van der Waals surface area contributed by atoms with Gasteiger partial charge in [-0.3, -0.25) is 14.6 Å². The first-order valence-corrected chi connectivity index (χ1v) is 13.8. The summed E-state index contributed by atoms with van der Waals surface area (Å²) < 4.78 is 6.46. The molecule has 1 aromatic heterocycles. The number of carbonyl (C=O) groups excluding carboxylic acids is 1. The zero-order chi connectivity index (χ0) is 24.7. The van der Waals surface area contributed by atoms with E-state index in [0.29, 0.717) is 24.8 Å². The highest BCUT2D eigenvalue weighted by Crippen LogP contribution is 2.23. The van der Waals surface area contributed by atoms with Crippen LogP contribution in [-0.2, 0) is 24.4 Å². The van der Waals surface area contributed by atoms with Crippen LogP contribution < -0.4 is 5.32 Å². The summed E-state index contributed by atoms with van der Waals surface area (Å²) in [6.07, 6.45) is 5.67. The molecular formula is C28H34BrN5O2. The van der Waals surface area contributed by atoms with Gasteiger partial charge in [-0.15, -0.1) is 0 Å². The first-order valence-electron chi connectivity index (χ1n) is 13.0. The molecule has 0 saturated carbocycles. The van der Waals surface area contributed by atoms with Gasteiger partial charge in [-0.1, -0.05) is 63.9 Å². The highest BCUT2D eigenvalue weighted by molar-refractivity contribution is 9.10. The molecule has 8 heteroatoms. The molecule has 1 amide bonds. The van der Waals surface area contributed by atoms with Crippen molar-refractivity contribution in [1.29, 1.82) is 0 Å². The summed E-state index contributed by atoms with van der Waals surface area (Å²) in [5.74, 6) is 1.41. The molecule has 2 aromatic carbocycles. The number of likely N-dealkylation sites (tertiary alicyclic amines) is 2. The topological polar surface area (TPSA) is 74.5 Å². The van der Waals surface area contributed by atoms with E-state index in [-0.39, 0.29) is 11.8 Å². The van der Waals surface area contributed by atoms with Gasteiger partial charge in [0.2, 0.25) is 17.6 Å². The van der Waals surface area contributed by atoms with Crippen molar-refractivity contribution in [1.82, 2.24) is 25.3 Å². The Morgan fingerprint density at radius 3 is 2.42 bits per heavy atom. The molecule has 3 aromatic rings. The van der Waals surface area contributed by atoms with Gasteiger partial charge in [0, 0.05) is 29.0 Å². The lowest BCUT2D eigenvalue weighted by molar-refractivity contribution is -0.126. The number of hydrogen-bond donors (Lipinski definition) is 1. The third kappa shape index (κ3) is 6.81. The molecule has 190 valence electrons. The Balaban J connectivity index is 1.04. The SMILES string of the molecule is O=C(NCc1ccc(CN2CCCCC2)cc1)C1CCN(Cc2nc(-c3cccc(Br)c3)no2)CC1. The zero-order valence-corrected chi connectivity index (χ0v) is 22.3. The normalized spacial score (nSPS) is 17.8. The van der Waals surface area contributed by atoms with Crippen molar-refractivity contribution >= 4 is 21.8 Å². The monoisotopic (exact) mass is 551 g/mol. The molecule has 0 radical (unpaired) electrons. The Morgan fingerprint density at radius 1 is 0.944 bits per heavy atom. The minimum Gasteiger partial charge on any atom is -0.352 e. The van der Waals surface area contributed by atoms with E-state index < -0.39 is 0 Å². The maximum absolute atomic E-state index is 12.8. The summed E-state index contributed by atoms with van der Waals surface area (Å²) >= 11 is 3.48. The van der Waals surface area contributed by atoms with Crippen LogP contribution >= 0.6 is 15.9 Å². The van der Waals surface area contributed by atoms with Crippen molar-refractivity contribution in [2.45, 2.75) is 51.7 Å². The number of nitrogens with zero attached hydrogens (tertiary/aromatic N) is 4. The largest absolute Gasteiger partial charge is 0.352 e. The first kappa shape index (κ1) is 25.1. The quantitative estimate of drug-likeness (QED) is 0.424. The number of nitrogens with one attached hydrogen (secondary N) is 1. The third-order valence-corrected chi connectivity index (χ3v) is 7.71. The summed E-state index contributed by atoms with van der Waals surface area (Å²) in [6, 6.07) is 16.6. The average molecular weight is 553 g/mol. The van der Waals surface area contributed by atoms with Gasteiger partial charge in [-0.2, -0.15) is 4.98 Å². The van der Waals surface area contributed by atoms with E-state index in [1.165, 1.54) is 37.9 Å². The molecule has 7 nitrogen and oxygen atoms in total. The van der Waals surface area contributed by atoms with Crippen LogP contribution in [0, 0.1) is 5.92 Å². The maximum Gasteiger partial charge on any atom is 0.241 e. The molecule has 0 aliphatic carbocycles. The van der Waals surface area contributed by atoms with E-state index in [0.717, 1.165) is 48.1 Å². The van der Waals surface area contributed by atoms with E-state index in [1.807, 2.05) is 24.3 Å². The molecule has 2 aliphatic heterocycles. The minimum atomic E-state index is 0.0551. The molecule has 2 aliphatic rings. The van der Waals surface area contributed by atoms with Gasteiger partial charge in [-0.05, 0) is 75.1 Å². The smallest absolute Gasteiger partial charge is 0.241 e. The fourth-order valence-corrected chi connectivity index (χ4v) is 5.48. The Kier molecular flexibility index (Phi) is 8.46. The summed E-state index contributed by atoms with van der Waals surface area (Å²) in [5, 5.41) is 7.27. The van der Waals surface area contributed by atoms with Crippen molar-refractivity contribution in [3.63, 3.8) is 0 Å².